The minimum atomic E-state index is -0.400. The molecule has 0 radical (unpaired) electrons. The van der Waals surface area contributed by atoms with E-state index in [4.69, 9.17) is 4.42 Å². The lowest BCUT2D eigenvalue weighted by Crippen LogP contribution is -1.82. The summed E-state index contributed by atoms with van der Waals surface area (Å²) in [6.07, 6.45) is 1.75. The topological polar surface area (TPSA) is 38.9 Å². The zero-order chi connectivity index (χ0) is 11.0. The van der Waals surface area contributed by atoms with Crippen LogP contribution in [-0.2, 0) is 6.42 Å². The summed E-state index contributed by atoms with van der Waals surface area (Å²) in [5.74, 6) is 0.166. The van der Waals surface area contributed by atoms with Crippen molar-refractivity contribution in [2.24, 2.45) is 0 Å². The predicted molar refractivity (Wildman–Crippen MR) is 58.9 cm³/mol. The molecule has 0 aliphatic carbocycles. The van der Waals surface area contributed by atoms with E-state index in [1.54, 1.807) is 11.3 Å². The first-order chi connectivity index (χ1) is 7.81. The first-order valence-electron chi connectivity index (χ1n) is 4.74. The summed E-state index contributed by atoms with van der Waals surface area (Å²) < 4.78 is 18.3. The fourth-order valence-electron chi connectivity index (χ4n) is 1.48. The van der Waals surface area contributed by atoms with Crippen LogP contribution in [0.25, 0.3) is 11.2 Å². The van der Waals surface area contributed by atoms with Crippen LogP contribution < -0.4 is 0 Å². The van der Waals surface area contributed by atoms with Crippen LogP contribution >= 0.6 is 11.3 Å². The van der Waals surface area contributed by atoms with Gasteiger partial charge in [-0.25, -0.2) is 14.4 Å². The van der Waals surface area contributed by atoms with Gasteiger partial charge in [0, 0.05) is 10.9 Å². The molecule has 0 aromatic carbocycles. The van der Waals surface area contributed by atoms with Gasteiger partial charge >= 0.3 is 0 Å². The smallest absolute Gasteiger partial charge is 0.247 e. The van der Waals surface area contributed by atoms with E-state index in [-0.39, 0.29) is 0 Å². The maximum Gasteiger partial charge on any atom is 0.247 e. The number of halogens is 1. The van der Waals surface area contributed by atoms with E-state index in [0.29, 0.717) is 23.5 Å². The van der Waals surface area contributed by atoms with Crippen molar-refractivity contribution in [3.8, 4) is 0 Å². The van der Waals surface area contributed by atoms with E-state index in [0.717, 1.165) is 11.1 Å². The van der Waals surface area contributed by atoms with E-state index in [1.807, 2.05) is 17.5 Å². The molecule has 0 unspecified atom stereocenters. The Kier molecular flexibility index (Phi) is 2.18. The average molecular weight is 234 g/mol. The number of rotatable bonds is 2. The van der Waals surface area contributed by atoms with Crippen LogP contribution in [0.1, 0.15) is 10.8 Å². The number of hydrogen-bond donors (Lipinski definition) is 0. The lowest BCUT2D eigenvalue weighted by atomic mass is 10.3. The Labute approximate surface area is 94.6 Å². The van der Waals surface area contributed by atoms with Gasteiger partial charge in [0.25, 0.3) is 0 Å². The normalized spacial score (nSPS) is 11.1. The van der Waals surface area contributed by atoms with Gasteiger partial charge in [0.1, 0.15) is 11.3 Å². The van der Waals surface area contributed by atoms with Crippen molar-refractivity contribution >= 4 is 22.6 Å². The SMILES string of the molecule is Fc1cnc2oc(Cc3cccs3)nc2c1. The van der Waals surface area contributed by atoms with Gasteiger partial charge in [0.15, 0.2) is 0 Å². The molecule has 0 atom stereocenters. The molecule has 3 rings (SSSR count). The molecule has 80 valence electrons. The molecule has 3 aromatic heterocycles. The fourth-order valence-corrected chi connectivity index (χ4v) is 2.18. The van der Waals surface area contributed by atoms with Crippen LogP contribution in [0.5, 0.6) is 0 Å². The number of oxazole rings is 1. The first-order valence-corrected chi connectivity index (χ1v) is 5.62. The van der Waals surface area contributed by atoms with Crippen molar-refractivity contribution in [1.82, 2.24) is 9.97 Å². The van der Waals surface area contributed by atoms with Crippen molar-refractivity contribution in [2.45, 2.75) is 6.42 Å². The van der Waals surface area contributed by atoms with Crippen LogP contribution in [0.15, 0.2) is 34.2 Å². The van der Waals surface area contributed by atoms with Gasteiger partial charge in [-0.1, -0.05) is 6.07 Å². The molecule has 0 fully saturated rings. The molecule has 0 N–H and O–H groups in total. The molecule has 3 heterocycles. The number of aromatic nitrogens is 2. The fraction of sp³-hybridized carbons (Fsp3) is 0.0909. The Hall–Kier alpha value is -1.75. The molecular weight excluding hydrogens is 227 g/mol. The Bertz CT molecular complexity index is 618. The second kappa shape index (κ2) is 3.68. The number of thiophene rings is 1. The Morgan fingerprint density at radius 1 is 1.44 bits per heavy atom. The number of nitrogens with zero attached hydrogens (tertiary/aromatic N) is 2. The molecule has 0 amide bonds. The summed E-state index contributed by atoms with van der Waals surface area (Å²) in [7, 11) is 0. The lowest BCUT2D eigenvalue weighted by Gasteiger charge is -1.88. The van der Waals surface area contributed by atoms with Crippen molar-refractivity contribution in [3.05, 3.63) is 46.4 Å². The quantitative estimate of drug-likeness (QED) is 0.684. The predicted octanol–water partition coefficient (Wildman–Crippen LogP) is 3.01. The highest BCUT2D eigenvalue weighted by molar-refractivity contribution is 7.09. The molecule has 0 aliphatic rings. The van der Waals surface area contributed by atoms with Gasteiger partial charge in [-0.05, 0) is 11.4 Å². The second-order valence-corrected chi connectivity index (χ2v) is 4.37. The molecule has 0 bridgehead atoms. The summed E-state index contributed by atoms with van der Waals surface area (Å²) in [6.45, 7) is 0. The van der Waals surface area contributed by atoms with E-state index < -0.39 is 5.82 Å². The maximum atomic E-state index is 12.9. The van der Waals surface area contributed by atoms with Gasteiger partial charge in [0.2, 0.25) is 11.6 Å². The minimum absolute atomic E-state index is 0.382. The molecule has 0 spiro atoms. The highest BCUT2D eigenvalue weighted by Gasteiger charge is 2.08. The van der Waals surface area contributed by atoms with Crippen molar-refractivity contribution in [2.75, 3.05) is 0 Å². The minimum Gasteiger partial charge on any atom is -0.422 e. The van der Waals surface area contributed by atoms with Crippen LogP contribution in [0.2, 0.25) is 0 Å². The van der Waals surface area contributed by atoms with Crippen molar-refractivity contribution in [1.29, 1.82) is 0 Å². The van der Waals surface area contributed by atoms with Gasteiger partial charge in [0.05, 0.1) is 12.6 Å². The van der Waals surface area contributed by atoms with Crippen molar-refractivity contribution in [3.63, 3.8) is 0 Å². The van der Waals surface area contributed by atoms with Gasteiger partial charge in [-0.2, -0.15) is 0 Å². The second-order valence-electron chi connectivity index (χ2n) is 3.34. The lowest BCUT2D eigenvalue weighted by molar-refractivity contribution is 0.534. The summed E-state index contributed by atoms with van der Waals surface area (Å²) in [5.41, 5.74) is 0.847. The molecule has 3 aromatic rings. The number of hydrogen-bond acceptors (Lipinski definition) is 4. The molecule has 0 aliphatic heterocycles. The Morgan fingerprint density at radius 2 is 2.38 bits per heavy atom. The maximum absolute atomic E-state index is 12.9. The third kappa shape index (κ3) is 1.69. The van der Waals surface area contributed by atoms with Gasteiger partial charge < -0.3 is 4.42 Å². The Balaban J connectivity index is 1.99. The van der Waals surface area contributed by atoms with E-state index in [2.05, 4.69) is 9.97 Å². The summed E-state index contributed by atoms with van der Waals surface area (Å²) in [6, 6.07) is 5.30. The monoisotopic (exact) mass is 234 g/mol. The van der Waals surface area contributed by atoms with Crippen LogP contribution in [0, 0.1) is 5.82 Å². The molecule has 3 nitrogen and oxygen atoms in total. The van der Waals surface area contributed by atoms with E-state index in [1.165, 1.54) is 6.07 Å². The molecule has 16 heavy (non-hydrogen) atoms. The van der Waals surface area contributed by atoms with E-state index >= 15 is 0 Å². The van der Waals surface area contributed by atoms with Gasteiger partial charge in [-0.15, -0.1) is 11.3 Å². The Morgan fingerprint density at radius 3 is 3.19 bits per heavy atom. The standard InChI is InChI=1S/C11H7FN2OS/c12-7-4-9-11(13-6-7)15-10(14-9)5-8-2-1-3-16-8/h1-4,6H,5H2. The van der Waals surface area contributed by atoms with Crippen LogP contribution in [-0.4, -0.2) is 9.97 Å². The third-order valence-corrected chi connectivity index (χ3v) is 3.04. The third-order valence-electron chi connectivity index (χ3n) is 2.16. The summed E-state index contributed by atoms with van der Waals surface area (Å²) in [4.78, 5) is 9.18. The molecular formula is C11H7FN2OS. The summed E-state index contributed by atoms with van der Waals surface area (Å²) in [5, 5.41) is 2.00. The van der Waals surface area contributed by atoms with Crippen LogP contribution in [0.4, 0.5) is 4.39 Å². The molecule has 0 saturated carbocycles. The average Bonchev–Trinajstić information content (AvgIpc) is 2.86. The van der Waals surface area contributed by atoms with Gasteiger partial charge in [-0.3, -0.25) is 0 Å². The highest BCUT2D eigenvalue weighted by atomic mass is 32.1. The summed E-state index contributed by atoms with van der Waals surface area (Å²) >= 11 is 1.64. The number of fused-ring (bicyclic) bond motifs is 1. The van der Waals surface area contributed by atoms with E-state index in [9.17, 15) is 4.39 Å². The van der Waals surface area contributed by atoms with Crippen LogP contribution in [0.3, 0.4) is 0 Å². The highest BCUT2D eigenvalue weighted by Crippen LogP contribution is 2.18. The molecule has 5 heteroatoms. The first kappa shape index (κ1) is 9.47. The zero-order valence-corrected chi connectivity index (χ0v) is 9.00. The molecule has 0 saturated heterocycles. The zero-order valence-electron chi connectivity index (χ0n) is 8.18. The number of pyridine rings is 1. The largest absolute Gasteiger partial charge is 0.422 e. The van der Waals surface area contributed by atoms with Crippen molar-refractivity contribution < 1.29 is 8.81 Å².